The van der Waals surface area contributed by atoms with Crippen LogP contribution in [0, 0.1) is 11.6 Å². The number of sulfonamides is 1. The lowest BCUT2D eigenvalue weighted by Gasteiger charge is -2.10. The molecule has 0 radical (unpaired) electrons. The fourth-order valence-corrected chi connectivity index (χ4v) is 3.08. The van der Waals surface area contributed by atoms with Crippen molar-refractivity contribution in [1.82, 2.24) is 0 Å². The first-order valence-corrected chi connectivity index (χ1v) is 7.60. The lowest BCUT2D eigenvalue weighted by molar-refractivity contribution is 0.595. The third-order valence-corrected chi connectivity index (χ3v) is 4.48. The maximum Gasteiger partial charge on any atom is 0.264 e. The lowest BCUT2D eigenvalue weighted by Crippen LogP contribution is -2.15. The second-order valence-electron chi connectivity index (χ2n) is 3.92. The number of rotatable bonds is 3. The molecule has 0 aliphatic rings. The highest BCUT2D eigenvalue weighted by Crippen LogP contribution is 2.25. The average molecular weight is 363 g/mol. The van der Waals surface area contributed by atoms with Crippen LogP contribution in [0.4, 0.5) is 20.2 Å². The normalized spacial score (nSPS) is 11.3. The maximum absolute atomic E-state index is 13.1. The third-order valence-electron chi connectivity index (χ3n) is 2.44. The van der Waals surface area contributed by atoms with E-state index in [-0.39, 0.29) is 20.7 Å². The molecule has 0 aliphatic carbocycles. The van der Waals surface area contributed by atoms with Gasteiger partial charge in [0.1, 0.15) is 16.5 Å². The quantitative estimate of drug-likeness (QED) is 0.824. The molecule has 0 amide bonds. The van der Waals surface area contributed by atoms with Crippen LogP contribution < -0.4 is 10.5 Å². The summed E-state index contributed by atoms with van der Waals surface area (Å²) in [6, 6.07) is 6.62. The summed E-state index contributed by atoms with van der Waals surface area (Å²) in [5, 5.41) is 0. The fraction of sp³-hybridized carbons (Fsp3) is 0. The molecule has 0 aliphatic heterocycles. The molecule has 0 saturated carbocycles. The smallest absolute Gasteiger partial charge is 0.264 e. The van der Waals surface area contributed by atoms with Crippen LogP contribution in [-0.2, 0) is 10.0 Å². The molecule has 8 heteroatoms. The van der Waals surface area contributed by atoms with E-state index in [0.717, 1.165) is 24.3 Å². The van der Waals surface area contributed by atoms with Crippen molar-refractivity contribution < 1.29 is 17.2 Å². The minimum atomic E-state index is -4.05. The number of nitrogen functional groups attached to an aromatic ring is 1. The summed E-state index contributed by atoms with van der Waals surface area (Å²) in [5.41, 5.74) is 5.57. The molecule has 2 aromatic carbocycles. The van der Waals surface area contributed by atoms with Gasteiger partial charge in [-0.25, -0.2) is 17.2 Å². The van der Waals surface area contributed by atoms with Gasteiger partial charge >= 0.3 is 0 Å². The predicted molar refractivity (Wildman–Crippen MR) is 75.7 cm³/mol. The van der Waals surface area contributed by atoms with Crippen molar-refractivity contribution in [3.63, 3.8) is 0 Å². The number of halogens is 3. The Morgan fingerprint density at radius 2 is 1.80 bits per heavy atom. The Kier molecular flexibility index (Phi) is 3.96. The Hall–Kier alpha value is -1.67. The second kappa shape index (κ2) is 5.37. The van der Waals surface area contributed by atoms with Gasteiger partial charge < -0.3 is 5.73 Å². The minimum Gasteiger partial charge on any atom is -0.398 e. The van der Waals surface area contributed by atoms with Gasteiger partial charge in [0.05, 0.1) is 15.8 Å². The van der Waals surface area contributed by atoms with Crippen LogP contribution >= 0.6 is 15.9 Å². The lowest BCUT2D eigenvalue weighted by atomic mass is 10.3. The van der Waals surface area contributed by atoms with E-state index in [1.807, 2.05) is 0 Å². The number of nitrogens with two attached hydrogens (primary N) is 1. The topological polar surface area (TPSA) is 72.2 Å². The fourth-order valence-electron chi connectivity index (χ4n) is 1.51. The van der Waals surface area contributed by atoms with Gasteiger partial charge in [-0.15, -0.1) is 0 Å². The Balaban J connectivity index is 2.40. The van der Waals surface area contributed by atoms with Gasteiger partial charge in [-0.1, -0.05) is 0 Å². The van der Waals surface area contributed by atoms with E-state index < -0.39 is 21.7 Å². The molecule has 0 fully saturated rings. The molecule has 2 rings (SSSR count). The highest BCUT2D eigenvalue weighted by molar-refractivity contribution is 9.10. The highest BCUT2D eigenvalue weighted by atomic mass is 79.9. The summed E-state index contributed by atoms with van der Waals surface area (Å²) >= 11 is 2.94. The van der Waals surface area contributed by atoms with Gasteiger partial charge in [0.15, 0.2) is 0 Å². The summed E-state index contributed by atoms with van der Waals surface area (Å²) in [6.45, 7) is 0. The molecule has 0 unspecified atom stereocenters. The molecule has 0 bridgehead atoms. The predicted octanol–water partition coefficient (Wildman–Crippen LogP) is 3.11. The molecule has 2 aromatic rings. The molecule has 106 valence electrons. The van der Waals surface area contributed by atoms with Crippen molar-refractivity contribution in [2.24, 2.45) is 0 Å². The number of hydrogen-bond acceptors (Lipinski definition) is 3. The molecule has 3 N–H and O–H groups in total. The van der Waals surface area contributed by atoms with Crippen LogP contribution in [0.1, 0.15) is 0 Å². The number of benzene rings is 2. The molecular formula is C12H9BrF2N2O2S. The molecule has 0 spiro atoms. The largest absolute Gasteiger partial charge is 0.398 e. The first kappa shape index (κ1) is 14.7. The van der Waals surface area contributed by atoms with Crippen molar-refractivity contribution in [2.75, 3.05) is 10.5 Å². The molecule has 0 aromatic heterocycles. The minimum absolute atomic E-state index is 0.0833. The average Bonchev–Trinajstić information content (AvgIpc) is 2.36. The molecular weight excluding hydrogens is 354 g/mol. The summed E-state index contributed by atoms with van der Waals surface area (Å²) in [7, 11) is -4.05. The van der Waals surface area contributed by atoms with Crippen LogP contribution in [0.2, 0.25) is 0 Å². The molecule has 0 saturated heterocycles. The molecule has 4 nitrogen and oxygen atoms in total. The zero-order valence-corrected chi connectivity index (χ0v) is 12.3. The van der Waals surface area contributed by atoms with E-state index >= 15 is 0 Å². The summed E-state index contributed by atoms with van der Waals surface area (Å²) in [5.74, 6) is -1.25. The monoisotopic (exact) mass is 362 g/mol. The summed E-state index contributed by atoms with van der Waals surface area (Å²) in [4.78, 5) is -0.377. The zero-order chi connectivity index (χ0) is 14.9. The van der Waals surface area contributed by atoms with Crippen molar-refractivity contribution in [2.45, 2.75) is 4.90 Å². The maximum atomic E-state index is 13.1. The number of nitrogens with one attached hydrogen (secondary N) is 1. The zero-order valence-electron chi connectivity index (χ0n) is 9.90. The van der Waals surface area contributed by atoms with E-state index in [2.05, 4.69) is 20.7 Å². The standard InChI is InChI=1S/C12H9BrF2N2O2S/c13-9-6-8(2-3-10(9)15)17-20(18,19)12-5-7(14)1-4-11(12)16/h1-6,17H,16H2. The van der Waals surface area contributed by atoms with Crippen LogP contribution in [0.5, 0.6) is 0 Å². The molecule has 20 heavy (non-hydrogen) atoms. The van der Waals surface area contributed by atoms with Gasteiger partial charge in [-0.2, -0.15) is 0 Å². The van der Waals surface area contributed by atoms with Crippen molar-refractivity contribution in [3.05, 3.63) is 52.5 Å². The Labute approximate surface area is 122 Å². The van der Waals surface area contributed by atoms with Gasteiger partial charge in [0.2, 0.25) is 0 Å². The van der Waals surface area contributed by atoms with Crippen LogP contribution in [-0.4, -0.2) is 8.42 Å². The number of anilines is 2. The van der Waals surface area contributed by atoms with Gasteiger partial charge in [-0.3, -0.25) is 4.72 Å². The van der Waals surface area contributed by atoms with Crippen LogP contribution in [0.25, 0.3) is 0 Å². The first-order chi connectivity index (χ1) is 9.29. The SMILES string of the molecule is Nc1ccc(F)cc1S(=O)(=O)Nc1ccc(F)c(Br)c1. The van der Waals surface area contributed by atoms with Crippen molar-refractivity contribution in [1.29, 1.82) is 0 Å². The van der Waals surface area contributed by atoms with Gasteiger partial charge in [-0.05, 0) is 52.3 Å². The Morgan fingerprint density at radius 3 is 2.45 bits per heavy atom. The molecule has 0 heterocycles. The van der Waals surface area contributed by atoms with Crippen molar-refractivity contribution >= 4 is 37.3 Å². The van der Waals surface area contributed by atoms with Gasteiger partial charge in [0.25, 0.3) is 10.0 Å². The summed E-state index contributed by atoms with van der Waals surface area (Å²) in [6.07, 6.45) is 0. The van der Waals surface area contributed by atoms with E-state index in [1.54, 1.807) is 0 Å². The molecule has 0 atom stereocenters. The van der Waals surface area contributed by atoms with E-state index in [1.165, 1.54) is 12.1 Å². The van der Waals surface area contributed by atoms with E-state index in [4.69, 9.17) is 5.73 Å². The van der Waals surface area contributed by atoms with Gasteiger partial charge in [0, 0.05) is 0 Å². The summed E-state index contributed by atoms with van der Waals surface area (Å²) < 4.78 is 52.7. The highest BCUT2D eigenvalue weighted by Gasteiger charge is 2.18. The van der Waals surface area contributed by atoms with Crippen LogP contribution in [0.15, 0.2) is 45.8 Å². The second-order valence-corrected chi connectivity index (χ2v) is 6.42. The first-order valence-electron chi connectivity index (χ1n) is 5.32. The van der Waals surface area contributed by atoms with E-state index in [9.17, 15) is 17.2 Å². The third kappa shape index (κ3) is 3.07. The number of hydrogen-bond donors (Lipinski definition) is 2. The Morgan fingerprint density at radius 1 is 1.10 bits per heavy atom. The van der Waals surface area contributed by atoms with Crippen LogP contribution in [0.3, 0.4) is 0 Å². The van der Waals surface area contributed by atoms with Crippen molar-refractivity contribution in [3.8, 4) is 0 Å². The Bertz CT molecular complexity index is 766. The van der Waals surface area contributed by atoms with E-state index in [0.29, 0.717) is 0 Å².